The van der Waals surface area contributed by atoms with Gasteiger partial charge in [0.2, 0.25) is 0 Å². The third kappa shape index (κ3) is 3.65. The lowest BCUT2D eigenvalue weighted by Crippen LogP contribution is -2.44. The standard InChI is InChI=1S/C18H32N2/c1-14(2)5-8-20-9-6-18(7-10-20)19-13-17-12-15-3-4-16(17)11-15/h5,15-19H,3-4,6-13H2,1-2H3. The van der Waals surface area contributed by atoms with Crippen LogP contribution in [0.25, 0.3) is 0 Å². The fourth-order valence-electron chi connectivity index (χ4n) is 4.58. The molecule has 1 heterocycles. The zero-order valence-electron chi connectivity index (χ0n) is 13.4. The van der Waals surface area contributed by atoms with Gasteiger partial charge in [-0.05, 0) is 83.3 Å². The van der Waals surface area contributed by atoms with Crippen LogP contribution < -0.4 is 5.32 Å². The lowest BCUT2D eigenvalue weighted by Gasteiger charge is -2.33. The normalized spacial score (nSPS) is 34.6. The molecule has 1 aliphatic heterocycles. The quantitative estimate of drug-likeness (QED) is 0.774. The van der Waals surface area contributed by atoms with Crippen LogP contribution in [0.4, 0.5) is 0 Å². The molecule has 0 spiro atoms. The third-order valence-corrected chi connectivity index (χ3v) is 5.90. The fourth-order valence-corrected chi connectivity index (χ4v) is 4.58. The minimum absolute atomic E-state index is 0.789. The molecule has 0 aromatic heterocycles. The van der Waals surface area contributed by atoms with Crippen LogP contribution in [-0.2, 0) is 0 Å². The Balaban J connectivity index is 1.33. The van der Waals surface area contributed by atoms with E-state index in [0.29, 0.717) is 0 Å². The first kappa shape index (κ1) is 14.6. The SMILES string of the molecule is CC(C)=CCN1CCC(NCC2CC3CCC2C3)CC1. The average Bonchev–Trinajstić information content (AvgIpc) is 3.06. The van der Waals surface area contributed by atoms with Gasteiger partial charge < -0.3 is 5.32 Å². The van der Waals surface area contributed by atoms with Crippen LogP contribution in [0.3, 0.4) is 0 Å². The highest BCUT2D eigenvalue weighted by molar-refractivity contribution is 4.96. The van der Waals surface area contributed by atoms with Crippen LogP contribution in [0.5, 0.6) is 0 Å². The molecule has 2 saturated carbocycles. The van der Waals surface area contributed by atoms with Crippen LogP contribution >= 0.6 is 0 Å². The van der Waals surface area contributed by atoms with Crippen LogP contribution in [-0.4, -0.2) is 37.1 Å². The van der Waals surface area contributed by atoms with Crippen molar-refractivity contribution in [2.75, 3.05) is 26.2 Å². The minimum atomic E-state index is 0.789. The number of piperidine rings is 1. The van der Waals surface area contributed by atoms with Gasteiger partial charge in [0.25, 0.3) is 0 Å². The summed E-state index contributed by atoms with van der Waals surface area (Å²) in [7, 11) is 0. The van der Waals surface area contributed by atoms with Crippen LogP contribution in [0, 0.1) is 17.8 Å². The second kappa shape index (κ2) is 6.62. The molecular weight excluding hydrogens is 244 g/mol. The molecule has 3 fully saturated rings. The molecule has 0 aromatic carbocycles. The van der Waals surface area contributed by atoms with Crippen molar-refractivity contribution in [3.05, 3.63) is 11.6 Å². The molecule has 1 saturated heterocycles. The Bertz CT molecular complexity index is 337. The highest BCUT2D eigenvalue weighted by Gasteiger charge is 2.39. The maximum atomic E-state index is 3.89. The minimum Gasteiger partial charge on any atom is -0.314 e. The summed E-state index contributed by atoms with van der Waals surface area (Å²) >= 11 is 0. The number of hydrogen-bond acceptors (Lipinski definition) is 2. The van der Waals surface area contributed by atoms with Crippen molar-refractivity contribution in [3.8, 4) is 0 Å². The van der Waals surface area contributed by atoms with Crippen molar-refractivity contribution < 1.29 is 0 Å². The van der Waals surface area contributed by atoms with Crippen LogP contribution in [0.1, 0.15) is 52.4 Å². The van der Waals surface area contributed by atoms with E-state index in [4.69, 9.17) is 0 Å². The van der Waals surface area contributed by atoms with Crippen molar-refractivity contribution in [1.29, 1.82) is 0 Å². The Morgan fingerprint density at radius 3 is 2.50 bits per heavy atom. The first-order chi connectivity index (χ1) is 9.70. The molecule has 20 heavy (non-hydrogen) atoms. The van der Waals surface area contributed by atoms with Gasteiger partial charge in [-0.2, -0.15) is 0 Å². The summed E-state index contributed by atoms with van der Waals surface area (Å²) in [6.07, 6.45) is 11.2. The van der Waals surface area contributed by atoms with E-state index >= 15 is 0 Å². The number of rotatable bonds is 5. The van der Waals surface area contributed by atoms with Gasteiger partial charge in [-0.25, -0.2) is 0 Å². The summed E-state index contributed by atoms with van der Waals surface area (Å²) in [5.74, 6) is 3.18. The van der Waals surface area contributed by atoms with Gasteiger partial charge in [0, 0.05) is 12.6 Å². The smallest absolute Gasteiger partial charge is 0.0165 e. The number of nitrogens with one attached hydrogen (secondary N) is 1. The van der Waals surface area contributed by atoms with E-state index in [2.05, 4.69) is 30.1 Å². The predicted molar refractivity (Wildman–Crippen MR) is 85.8 cm³/mol. The van der Waals surface area contributed by atoms with E-state index in [1.54, 1.807) is 6.42 Å². The highest BCUT2D eigenvalue weighted by atomic mass is 15.1. The lowest BCUT2D eigenvalue weighted by atomic mass is 9.88. The van der Waals surface area contributed by atoms with Gasteiger partial charge in [-0.3, -0.25) is 4.90 Å². The van der Waals surface area contributed by atoms with E-state index in [-0.39, 0.29) is 0 Å². The zero-order chi connectivity index (χ0) is 13.9. The third-order valence-electron chi connectivity index (χ3n) is 5.90. The van der Waals surface area contributed by atoms with Crippen molar-refractivity contribution >= 4 is 0 Å². The summed E-state index contributed by atoms with van der Waals surface area (Å²) in [6, 6.07) is 0.789. The van der Waals surface area contributed by atoms with Crippen molar-refractivity contribution in [3.63, 3.8) is 0 Å². The van der Waals surface area contributed by atoms with Gasteiger partial charge in [0.15, 0.2) is 0 Å². The molecule has 3 rings (SSSR count). The van der Waals surface area contributed by atoms with E-state index in [1.807, 2.05) is 0 Å². The maximum absolute atomic E-state index is 3.89. The summed E-state index contributed by atoms with van der Waals surface area (Å²) in [5, 5.41) is 3.89. The summed E-state index contributed by atoms with van der Waals surface area (Å²) in [5.41, 5.74) is 1.45. The summed E-state index contributed by atoms with van der Waals surface area (Å²) in [6.45, 7) is 9.41. The van der Waals surface area contributed by atoms with Crippen molar-refractivity contribution in [2.45, 2.75) is 58.4 Å². The molecule has 3 unspecified atom stereocenters. The highest BCUT2D eigenvalue weighted by Crippen LogP contribution is 2.47. The first-order valence-corrected chi connectivity index (χ1v) is 8.80. The number of nitrogens with zero attached hydrogens (tertiary/aromatic N) is 1. The van der Waals surface area contributed by atoms with Gasteiger partial charge in [-0.15, -0.1) is 0 Å². The molecule has 0 radical (unpaired) electrons. The second-order valence-corrected chi connectivity index (χ2v) is 7.70. The molecule has 0 amide bonds. The van der Waals surface area contributed by atoms with Crippen LogP contribution in [0.2, 0.25) is 0 Å². The Morgan fingerprint density at radius 2 is 1.90 bits per heavy atom. The molecule has 2 aliphatic carbocycles. The van der Waals surface area contributed by atoms with E-state index in [9.17, 15) is 0 Å². The number of hydrogen-bond donors (Lipinski definition) is 1. The molecule has 2 bridgehead atoms. The maximum Gasteiger partial charge on any atom is 0.0165 e. The summed E-state index contributed by atoms with van der Waals surface area (Å²) < 4.78 is 0. The zero-order valence-corrected chi connectivity index (χ0v) is 13.4. The van der Waals surface area contributed by atoms with Crippen LogP contribution in [0.15, 0.2) is 11.6 Å². The predicted octanol–water partition coefficient (Wildman–Crippen LogP) is 3.44. The molecule has 1 N–H and O–H groups in total. The molecular formula is C18H32N2. The number of allylic oxidation sites excluding steroid dienone is 1. The number of likely N-dealkylation sites (tertiary alicyclic amines) is 1. The topological polar surface area (TPSA) is 15.3 Å². The molecule has 2 nitrogen and oxygen atoms in total. The van der Waals surface area contributed by atoms with Gasteiger partial charge in [0.1, 0.15) is 0 Å². The van der Waals surface area contributed by atoms with E-state index in [0.717, 1.165) is 30.3 Å². The number of fused-ring (bicyclic) bond motifs is 2. The Labute approximate surface area is 125 Å². The summed E-state index contributed by atoms with van der Waals surface area (Å²) in [4.78, 5) is 2.60. The fraction of sp³-hybridized carbons (Fsp3) is 0.889. The largest absolute Gasteiger partial charge is 0.314 e. The average molecular weight is 276 g/mol. The molecule has 114 valence electrons. The Hall–Kier alpha value is -0.340. The molecule has 3 atom stereocenters. The van der Waals surface area contributed by atoms with Gasteiger partial charge in [-0.1, -0.05) is 18.1 Å². The Kier molecular flexibility index (Phi) is 4.83. The monoisotopic (exact) mass is 276 g/mol. The molecule has 2 heteroatoms. The molecule has 0 aromatic rings. The molecule has 3 aliphatic rings. The van der Waals surface area contributed by atoms with Crippen molar-refractivity contribution in [2.24, 2.45) is 17.8 Å². The van der Waals surface area contributed by atoms with Crippen molar-refractivity contribution in [1.82, 2.24) is 10.2 Å². The van der Waals surface area contributed by atoms with E-state index < -0.39 is 0 Å². The van der Waals surface area contributed by atoms with E-state index in [1.165, 1.54) is 57.3 Å². The Morgan fingerprint density at radius 1 is 1.10 bits per heavy atom. The lowest BCUT2D eigenvalue weighted by molar-refractivity contribution is 0.204. The van der Waals surface area contributed by atoms with Gasteiger partial charge >= 0.3 is 0 Å². The van der Waals surface area contributed by atoms with Gasteiger partial charge in [0.05, 0.1) is 0 Å². The first-order valence-electron chi connectivity index (χ1n) is 8.80. The second-order valence-electron chi connectivity index (χ2n) is 7.70.